The topological polar surface area (TPSA) is 74.8 Å². The van der Waals surface area contributed by atoms with E-state index in [1.54, 1.807) is 18.3 Å². The van der Waals surface area contributed by atoms with Crippen molar-refractivity contribution >= 4 is 49.8 Å². The van der Waals surface area contributed by atoms with Crippen molar-refractivity contribution in [2.75, 3.05) is 4.72 Å². The Morgan fingerprint density at radius 1 is 1.10 bits per heavy atom. The van der Waals surface area contributed by atoms with E-state index in [1.807, 2.05) is 6.07 Å². The lowest BCUT2D eigenvalue weighted by atomic mass is 10.2. The molecule has 3 rings (SSSR count). The first-order chi connectivity index (χ1) is 9.99. The second-order valence-electron chi connectivity index (χ2n) is 4.30. The fourth-order valence-corrected chi connectivity index (χ4v) is 3.78. The Kier molecular flexibility index (Phi) is 3.52. The number of anilines is 1. The molecule has 0 spiro atoms. The van der Waals surface area contributed by atoms with Crippen LogP contribution in [0.3, 0.4) is 0 Å². The van der Waals surface area contributed by atoms with Gasteiger partial charge in [0.25, 0.3) is 10.0 Å². The van der Waals surface area contributed by atoms with Gasteiger partial charge < -0.3 is 0 Å². The first kappa shape index (κ1) is 14.2. The number of rotatable bonds is 3. The van der Waals surface area contributed by atoms with Crippen molar-refractivity contribution in [3.8, 4) is 0 Å². The molecule has 1 heterocycles. The molecule has 2 aromatic carbocycles. The van der Waals surface area contributed by atoms with Crippen LogP contribution in [0.5, 0.6) is 0 Å². The summed E-state index contributed by atoms with van der Waals surface area (Å²) in [6.07, 6.45) is 1.61. The van der Waals surface area contributed by atoms with Crippen LogP contribution in [0.15, 0.2) is 47.5 Å². The number of aromatic nitrogens is 2. The van der Waals surface area contributed by atoms with Crippen LogP contribution >= 0.6 is 23.2 Å². The third kappa shape index (κ3) is 2.57. The van der Waals surface area contributed by atoms with Gasteiger partial charge in [0, 0.05) is 5.39 Å². The van der Waals surface area contributed by atoms with Gasteiger partial charge in [0.15, 0.2) is 0 Å². The van der Waals surface area contributed by atoms with Gasteiger partial charge in [0.05, 0.1) is 27.4 Å². The summed E-state index contributed by atoms with van der Waals surface area (Å²) < 4.78 is 27.4. The molecule has 0 aliphatic heterocycles. The smallest absolute Gasteiger partial charge is 0.263 e. The molecule has 21 heavy (non-hydrogen) atoms. The maximum atomic E-state index is 12.5. The van der Waals surface area contributed by atoms with Gasteiger partial charge in [0.2, 0.25) is 0 Å². The summed E-state index contributed by atoms with van der Waals surface area (Å²) in [6, 6.07) is 9.64. The average molecular weight is 342 g/mol. The van der Waals surface area contributed by atoms with Crippen LogP contribution in [0.4, 0.5) is 5.69 Å². The molecule has 108 valence electrons. The predicted molar refractivity (Wildman–Crippen MR) is 83.4 cm³/mol. The van der Waals surface area contributed by atoms with Crippen LogP contribution < -0.4 is 4.72 Å². The van der Waals surface area contributed by atoms with E-state index in [4.69, 9.17) is 23.2 Å². The number of aromatic amines is 1. The highest BCUT2D eigenvalue weighted by Gasteiger charge is 2.20. The maximum absolute atomic E-state index is 12.5. The summed E-state index contributed by atoms with van der Waals surface area (Å²) in [6.45, 7) is 0. The second kappa shape index (κ2) is 5.22. The number of nitrogens with zero attached hydrogens (tertiary/aromatic N) is 1. The summed E-state index contributed by atoms with van der Waals surface area (Å²) in [7, 11) is -3.85. The van der Waals surface area contributed by atoms with Crippen LogP contribution in [-0.2, 0) is 10.0 Å². The van der Waals surface area contributed by atoms with Crippen molar-refractivity contribution in [3.63, 3.8) is 0 Å². The lowest BCUT2D eigenvalue weighted by Crippen LogP contribution is -2.13. The van der Waals surface area contributed by atoms with E-state index >= 15 is 0 Å². The van der Waals surface area contributed by atoms with Crippen molar-refractivity contribution in [1.29, 1.82) is 0 Å². The molecule has 3 aromatic rings. The predicted octanol–water partition coefficient (Wildman–Crippen LogP) is 3.67. The summed E-state index contributed by atoms with van der Waals surface area (Å²) >= 11 is 11.8. The summed E-state index contributed by atoms with van der Waals surface area (Å²) in [5, 5.41) is 7.61. The van der Waals surface area contributed by atoms with Crippen molar-refractivity contribution in [2.45, 2.75) is 4.90 Å². The normalized spacial score (nSPS) is 11.7. The third-order valence-electron chi connectivity index (χ3n) is 2.93. The van der Waals surface area contributed by atoms with E-state index < -0.39 is 10.0 Å². The van der Waals surface area contributed by atoms with E-state index in [2.05, 4.69) is 14.9 Å². The molecule has 5 nitrogen and oxygen atoms in total. The number of benzene rings is 2. The molecular weight excluding hydrogens is 333 g/mol. The Morgan fingerprint density at radius 3 is 2.67 bits per heavy atom. The number of hydrogen-bond donors (Lipinski definition) is 2. The minimum absolute atomic E-state index is 0.0107. The van der Waals surface area contributed by atoms with Crippen molar-refractivity contribution in [3.05, 3.63) is 52.6 Å². The number of sulfonamides is 1. The number of hydrogen-bond acceptors (Lipinski definition) is 3. The monoisotopic (exact) mass is 341 g/mol. The van der Waals surface area contributed by atoms with Crippen molar-refractivity contribution < 1.29 is 8.42 Å². The molecular formula is C13H9Cl2N3O2S. The number of fused-ring (bicyclic) bond motifs is 1. The minimum Gasteiger partial charge on any atom is -0.277 e. The van der Waals surface area contributed by atoms with Gasteiger partial charge in [0.1, 0.15) is 4.90 Å². The Balaban J connectivity index is 2.08. The molecule has 0 radical (unpaired) electrons. The van der Waals surface area contributed by atoms with Crippen LogP contribution in [-0.4, -0.2) is 18.6 Å². The molecule has 0 bridgehead atoms. The molecule has 0 fully saturated rings. The molecule has 8 heteroatoms. The first-order valence-corrected chi connectivity index (χ1v) is 8.12. The van der Waals surface area contributed by atoms with E-state index in [0.717, 1.165) is 5.39 Å². The SMILES string of the molecule is O=S(=O)(Nc1cccc2cn[nH]c12)c1cccc(Cl)c1Cl. The molecule has 0 unspecified atom stereocenters. The van der Waals surface area contributed by atoms with Crippen LogP contribution in [0, 0.1) is 0 Å². The number of halogens is 2. The van der Waals surface area contributed by atoms with Gasteiger partial charge >= 0.3 is 0 Å². The van der Waals surface area contributed by atoms with Crippen molar-refractivity contribution in [1.82, 2.24) is 10.2 Å². The van der Waals surface area contributed by atoms with E-state index in [1.165, 1.54) is 18.2 Å². The zero-order chi connectivity index (χ0) is 15.0. The third-order valence-corrected chi connectivity index (χ3v) is 5.27. The quantitative estimate of drug-likeness (QED) is 0.763. The van der Waals surface area contributed by atoms with Gasteiger partial charge in [-0.2, -0.15) is 5.10 Å². The number of para-hydroxylation sites is 1. The summed E-state index contributed by atoms with van der Waals surface area (Å²) in [5.41, 5.74) is 0.986. The van der Waals surface area contributed by atoms with E-state index in [-0.39, 0.29) is 14.9 Å². The Labute approximate surface area is 130 Å². The highest BCUT2D eigenvalue weighted by Crippen LogP contribution is 2.31. The van der Waals surface area contributed by atoms with Gasteiger partial charge in [-0.1, -0.05) is 41.4 Å². The minimum atomic E-state index is -3.85. The van der Waals surface area contributed by atoms with Crippen LogP contribution in [0.2, 0.25) is 10.0 Å². The lowest BCUT2D eigenvalue weighted by molar-refractivity contribution is 0.601. The van der Waals surface area contributed by atoms with Gasteiger partial charge in [-0.15, -0.1) is 0 Å². The maximum Gasteiger partial charge on any atom is 0.263 e. The van der Waals surface area contributed by atoms with Crippen LogP contribution in [0.1, 0.15) is 0 Å². The van der Waals surface area contributed by atoms with Gasteiger partial charge in [-0.05, 0) is 18.2 Å². The number of nitrogens with one attached hydrogen (secondary N) is 2. The largest absolute Gasteiger partial charge is 0.277 e. The average Bonchev–Trinajstić information content (AvgIpc) is 2.91. The molecule has 0 aliphatic carbocycles. The first-order valence-electron chi connectivity index (χ1n) is 5.88. The zero-order valence-electron chi connectivity index (χ0n) is 10.5. The number of H-pyrrole nitrogens is 1. The Bertz CT molecular complexity index is 922. The Hall–Kier alpha value is -1.76. The molecule has 2 N–H and O–H groups in total. The summed E-state index contributed by atoms with van der Waals surface area (Å²) in [5.74, 6) is 0. The molecule has 0 amide bonds. The molecule has 1 aromatic heterocycles. The Morgan fingerprint density at radius 2 is 1.86 bits per heavy atom. The fraction of sp³-hybridized carbons (Fsp3) is 0. The molecule has 0 aliphatic rings. The molecule has 0 saturated heterocycles. The lowest BCUT2D eigenvalue weighted by Gasteiger charge is -2.10. The standard InChI is InChI=1S/C13H9Cl2N3O2S/c14-9-4-2-6-11(12(9)15)21(19,20)18-10-5-1-3-8-7-16-17-13(8)10/h1-7,18H,(H,16,17). The molecule has 0 saturated carbocycles. The fourth-order valence-electron chi connectivity index (χ4n) is 1.95. The van der Waals surface area contributed by atoms with Crippen molar-refractivity contribution in [2.24, 2.45) is 0 Å². The molecule has 0 atom stereocenters. The van der Waals surface area contributed by atoms with Crippen LogP contribution in [0.25, 0.3) is 10.9 Å². The highest BCUT2D eigenvalue weighted by molar-refractivity contribution is 7.92. The zero-order valence-corrected chi connectivity index (χ0v) is 12.8. The van der Waals surface area contributed by atoms with Gasteiger partial charge in [-0.25, -0.2) is 8.42 Å². The van der Waals surface area contributed by atoms with E-state index in [9.17, 15) is 8.42 Å². The highest BCUT2D eigenvalue weighted by atomic mass is 35.5. The van der Waals surface area contributed by atoms with E-state index in [0.29, 0.717) is 11.2 Å². The second-order valence-corrected chi connectivity index (χ2v) is 6.73. The van der Waals surface area contributed by atoms with Gasteiger partial charge in [-0.3, -0.25) is 9.82 Å². The summed E-state index contributed by atoms with van der Waals surface area (Å²) in [4.78, 5) is -0.0758.